The maximum Gasteiger partial charge on any atom is 0.410 e. The fourth-order valence-electron chi connectivity index (χ4n) is 2.22. The van der Waals surface area contributed by atoms with Gasteiger partial charge in [-0.3, -0.25) is 4.90 Å². The minimum atomic E-state index is -2.05. The van der Waals surface area contributed by atoms with Gasteiger partial charge in [0.2, 0.25) is 0 Å². The zero-order valence-electron chi connectivity index (χ0n) is 12.6. The monoisotopic (exact) mass is 321 g/mol. The second-order valence-electron chi connectivity index (χ2n) is 4.97. The fourth-order valence-corrected chi connectivity index (χ4v) is 2.22. The van der Waals surface area contributed by atoms with Gasteiger partial charge in [-0.15, -0.1) is 0 Å². The number of hydrogen-bond donors (Lipinski definition) is 0. The summed E-state index contributed by atoms with van der Waals surface area (Å²) in [6.45, 7) is -0.766. The Bertz CT molecular complexity index is 633. The number of carbonyl (C=O) groups is 1. The minimum Gasteiger partial charge on any atom is -0.445 e. The smallest absolute Gasteiger partial charge is 0.410 e. The van der Waals surface area contributed by atoms with Crippen LogP contribution in [0.1, 0.15) is 5.56 Å². The van der Waals surface area contributed by atoms with Gasteiger partial charge < -0.3 is 9.57 Å². The molecular weight excluding hydrogens is 305 g/mol. The van der Waals surface area contributed by atoms with Crippen LogP contribution in [0.15, 0.2) is 40.6 Å². The molecule has 1 aromatic rings. The molecule has 1 aromatic carbocycles. The molecule has 9 heteroatoms. The first kappa shape index (κ1) is 16.6. The molecule has 1 fully saturated rings. The van der Waals surface area contributed by atoms with Gasteiger partial charge in [0.25, 0.3) is 0 Å². The zero-order chi connectivity index (χ0) is 16.7. The van der Waals surface area contributed by atoms with E-state index in [0.29, 0.717) is 0 Å². The molecule has 0 radical (unpaired) electrons. The van der Waals surface area contributed by atoms with Crippen LogP contribution in [0.4, 0.5) is 9.18 Å². The highest BCUT2D eigenvalue weighted by molar-refractivity contribution is 5.99. The van der Waals surface area contributed by atoms with Gasteiger partial charge >= 0.3 is 6.09 Å². The molecule has 0 spiro atoms. The topological polar surface area (TPSA) is 99.9 Å². The molecule has 122 valence electrons. The zero-order valence-corrected chi connectivity index (χ0v) is 12.6. The Kier molecular flexibility index (Phi) is 5.37. The second-order valence-corrected chi connectivity index (χ2v) is 4.97. The second kappa shape index (κ2) is 7.46. The Morgan fingerprint density at radius 3 is 2.87 bits per heavy atom. The lowest BCUT2D eigenvalue weighted by Crippen LogP contribution is -2.38. The number of benzene rings is 1. The highest BCUT2D eigenvalue weighted by atomic mass is 19.1. The molecule has 0 saturated carbocycles. The molecule has 2 rings (SSSR count). The van der Waals surface area contributed by atoms with Gasteiger partial charge in [0.05, 0.1) is 19.6 Å². The predicted molar refractivity (Wildman–Crippen MR) is 80.5 cm³/mol. The molecule has 1 amide bonds. The summed E-state index contributed by atoms with van der Waals surface area (Å²) in [5, 5.41) is 6.83. The van der Waals surface area contributed by atoms with Crippen molar-refractivity contribution in [2.24, 2.45) is 10.3 Å². The first-order chi connectivity index (χ1) is 11.1. The minimum absolute atomic E-state index is 0.0101. The van der Waals surface area contributed by atoms with Crippen molar-refractivity contribution >= 4 is 11.8 Å². The van der Waals surface area contributed by atoms with E-state index >= 15 is 0 Å². The van der Waals surface area contributed by atoms with E-state index in [0.717, 1.165) is 10.5 Å². The van der Waals surface area contributed by atoms with Crippen molar-refractivity contribution in [2.45, 2.75) is 12.3 Å². The molecule has 8 nitrogen and oxygen atoms in total. The van der Waals surface area contributed by atoms with E-state index in [-0.39, 0.29) is 25.4 Å². The standard InChI is InChI=1S/C14H16FN5O3/c1-22-18-12-7-20(10-14(12,15)9-17-19-16)13(21)23-8-11-5-3-2-4-6-11/h2-6H,7-10H2,1H3. The molecule has 0 N–H and O–H groups in total. The summed E-state index contributed by atoms with van der Waals surface area (Å²) in [6.07, 6.45) is -0.668. The number of oxime groups is 1. The molecule has 0 bridgehead atoms. The third-order valence-electron chi connectivity index (χ3n) is 3.35. The molecule has 23 heavy (non-hydrogen) atoms. The summed E-state index contributed by atoms with van der Waals surface area (Å²) in [5.41, 5.74) is 7.13. The first-order valence-corrected chi connectivity index (χ1v) is 6.85. The van der Waals surface area contributed by atoms with Gasteiger partial charge in [-0.05, 0) is 11.1 Å². The summed E-state index contributed by atoms with van der Waals surface area (Å²) in [6, 6.07) is 9.14. The number of nitrogens with zero attached hydrogens (tertiary/aromatic N) is 5. The third kappa shape index (κ3) is 4.10. The normalized spacial score (nSPS) is 21.8. The van der Waals surface area contributed by atoms with E-state index in [1.807, 2.05) is 30.3 Å². The summed E-state index contributed by atoms with van der Waals surface area (Å²) >= 11 is 0. The van der Waals surface area contributed by atoms with E-state index in [1.54, 1.807) is 0 Å². The van der Waals surface area contributed by atoms with E-state index in [9.17, 15) is 9.18 Å². The highest BCUT2D eigenvalue weighted by Crippen LogP contribution is 2.25. The van der Waals surface area contributed by atoms with Crippen LogP contribution in [0.2, 0.25) is 0 Å². The maximum absolute atomic E-state index is 14.8. The molecule has 0 aliphatic carbocycles. The van der Waals surface area contributed by atoms with E-state index in [4.69, 9.17) is 10.3 Å². The van der Waals surface area contributed by atoms with Crippen molar-refractivity contribution in [1.29, 1.82) is 0 Å². The number of azide groups is 1. The van der Waals surface area contributed by atoms with E-state index in [2.05, 4.69) is 20.0 Å². The number of amides is 1. The van der Waals surface area contributed by atoms with Crippen LogP contribution < -0.4 is 0 Å². The van der Waals surface area contributed by atoms with Crippen molar-refractivity contribution in [1.82, 2.24) is 4.90 Å². The molecule has 1 saturated heterocycles. The molecule has 1 unspecified atom stereocenters. The Hall–Kier alpha value is -2.80. The lowest BCUT2D eigenvalue weighted by atomic mass is 10.0. The Morgan fingerprint density at radius 1 is 1.48 bits per heavy atom. The van der Waals surface area contributed by atoms with Crippen molar-refractivity contribution in [3.63, 3.8) is 0 Å². The number of carbonyl (C=O) groups excluding carboxylic acids is 1. The van der Waals surface area contributed by atoms with Crippen LogP contribution in [0.3, 0.4) is 0 Å². The lowest BCUT2D eigenvalue weighted by molar-refractivity contribution is 0.0958. The number of hydrogen-bond acceptors (Lipinski definition) is 5. The molecule has 0 aromatic heterocycles. The van der Waals surface area contributed by atoms with Gasteiger partial charge in [-0.1, -0.05) is 40.6 Å². The van der Waals surface area contributed by atoms with Crippen molar-refractivity contribution in [3.8, 4) is 0 Å². The predicted octanol–water partition coefficient (Wildman–Crippen LogP) is 2.66. The average Bonchev–Trinajstić information content (AvgIpc) is 2.89. The van der Waals surface area contributed by atoms with Gasteiger partial charge in [0.1, 0.15) is 19.4 Å². The van der Waals surface area contributed by atoms with Gasteiger partial charge in [-0.25, -0.2) is 9.18 Å². The summed E-state index contributed by atoms with van der Waals surface area (Å²) in [5.74, 6) is 0. The van der Waals surface area contributed by atoms with Crippen LogP contribution in [-0.2, 0) is 16.2 Å². The highest BCUT2D eigenvalue weighted by Gasteiger charge is 2.47. The largest absolute Gasteiger partial charge is 0.445 e. The maximum atomic E-state index is 14.8. The molecular formula is C14H16FN5O3. The Morgan fingerprint density at radius 2 is 2.22 bits per heavy atom. The van der Waals surface area contributed by atoms with Crippen molar-refractivity contribution < 1.29 is 18.8 Å². The molecule has 1 aliphatic rings. The van der Waals surface area contributed by atoms with E-state index < -0.39 is 18.3 Å². The van der Waals surface area contributed by atoms with Gasteiger partial charge in [0, 0.05) is 4.91 Å². The molecule has 1 aliphatic heterocycles. The number of rotatable bonds is 5. The van der Waals surface area contributed by atoms with Crippen LogP contribution in [-0.4, -0.2) is 49.1 Å². The summed E-state index contributed by atoms with van der Waals surface area (Å²) < 4.78 is 20.0. The Balaban J connectivity index is 2.01. The number of ether oxygens (including phenoxy) is 1. The summed E-state index contributed by atoms with van der Waals surface area (Å²) in [4.78, 5) is 20.4. The molecule has 1 atom stereocenters. The van der Waals surface area contributed by atoms with Gasteiger partial charge in [-0.2, -0.15) is 0 Å². The summed E-state index contributed by atoms with van der Waals surface area (Å²) in [7, 11) is 1.28. The molecule has 1 heterocycles. The number of likely N-dealkylation sites (tertiary alicyclic amines) is 1. The van der Waals surface area contributed by atoms with Crippen molar-refractivity contribution in [3.05, 3.63) is 46.3 Å². The van der Waals surface area contributed by atoms with E-state index in [1.165, 1.54) is 7.11 Å². The SMILES string of the molecule is CON=C1CN(C(=O)OCc2ccccc2)CC1(F)CN=[N+]=[N-]. The Labute approximate surface area is 132 Å². The fraction of sp³-hybridized carbons (Fsp3) is 0.429. The van der Waals surface area contributed by atoms with Crippen LogP contribution in [0.5, 0.6) is 0 Å². The lowest BCUT2D eigenvalue weighted by Gasteiger charge is -2.18. The van der Waals surface area contributed by atoms with Crippen LogP contribution in [0.25, 0.3) is 10.4 Å². The van der Waals surface area contributed by atoms with Gasteiger partial charge in [0.15, 0.2) is 5.67 Å². The van der Waals surface area contributed by atoms with Crippen molar-refractivity contribution in [2.75, 3.05) is 26.7 Å². The van der Waals surface area contributed by atoms with Crippen LogP contribution in [0, 0.1) is 0 Å². The third-order valence-corrected chi connectivity index (χ3v) is 3.35. The van der Waals surface area contributed by atoms with Crippen LogP contribution >= 0.6 is 0 Å². The quantitative estimate of drug-likeness (QED) is 0.360. The average molecular weight is 321 g/mol. The number of alkyl halides is 1. The first-order valence-electron chi connectivity index (χ1n) is 6.85. The number of halogens is 1.